The molecule has 2 heteroatoms. The normalized spacial score (nSPS) is 10.1. The molecule has 2 aromatic carbocycles. The summed E-state index contributed by atoms with van der Waals surface area (Å²) in [6.45, 7) is 4.48. The summed E-state index contributed by atoms with van der Waals surface area (Å²) in [5, 5.41) is 0. The Bertz CT molecular complexity index is 468. The van der Waals surface area contributed by atoms with Gasteiger partial charge in [-0.2, -0.15) is 0 Å². The Morgan fingerprint density at radius 2 is 1.06 bits per heavy atom. The number of hydrogen-bond acceptors (Lipinski definition) is 0. The first-order valence-corrected chi connectivity index (χ1v) is 9.31. The summed E-state index contributed by atoms with van der Waals surface area (Å²) in [5.41, 5.74) is 1.49. The van der Waals surface area contributed by atoms with E-state index in [2.05, 4.69) is 74.5 Å². The fourth-order valence-electron chi connectivity index (χ4n) is 1.42. The molecule has 0 nitrogen and oxygen atoms in total. The van der Waals surface area contributed by atoms with Gasteiger partial charge in [-0.1, -0.05) is 0 Å². The van der Waals surface area contributed by atoms with Gasteiger partial charge in [0, 0.05) is 0 Å². The molecule has 0 radical (unpaired) electrons. The van der Waals surface area contributed by atoms with Crippen molar-refractivity contribution in [2.75, 3.05) is 0 Å². The third-order valence-corrected chi connectivity index (χ3v) is 8.75. The molecule has 0 fully saturated rings. The van der Waals surface area contributed by atoms with Crippen LogP contribution < -0.4 is 8.92 Å². The van der Waals surface area contributed by atoms with E-state index in [0.29, 0.717) is 29.9 Å². The van der Waals surface area contributed by atoms with Crippen molar-refractivity contribution >= 4 is 38.8 Å². The molecule has 0 N–H and O–H groups in total. The summed E-state index contributed by atoms with van der Waals surface area (Å²) in [4.78, 5) is 0. The number of allylic oxidation sites excluding steroid dienone is 1. The molecule has 2 rings (SSSR count). The first-order chi connectivity index (χ1) is 8.75. The van der Waals surface area contributed by atoms with Crippen molar-refractivity contribution in [3.8, 4) is 0 Å². The van der Waals surface area contributed by atoms with Gasteiger partial charge in [-0.05, 0) is 0 Å². The van der Waals surface area contributed by atoms with Crippen molar-refractivity contribution in [3.05, 3.63) is 69.6 Å². The van der Waals surface area contributed by atoms with E-state index in [1.165, 1.54) is 14.5 Å². The molecule has 0 unspecified atom stereocenters. The van der Waals surface area contributed by atoms with Crippen molar-refractivity contribution in [3.63, 3.8) is 0 Å². The molecule has 2 aromatic rings. The van der Waals surface area contributed by atoms with Gasteiger partial charge in [-0.3, -0.25) is 0 Å². The zero-order valence-electron chi connectivity index (χ0n) is 10.6. The Kier molecular flexibility index (Phi) is 5.28. The van der Waals surface area contributed by atoms with Crippen LogP contribution in [0.15, 0.2) is 69.6 Å². The average Bonchev–Trinajstić information content (AvgIpc) is 2.40. The Balaban J connectivity index is 2.14. The number of benzene rings is 2. The van der Waals surface area contributed by atoms with Gasteiger partial charge in [0.15, 0.2) is 0 Å². The summed E-state index contributed by atoms with van der Waals surface area (Å²) in [6.07, 6.45) is 0. The zero-order chi connectivity index (χ0) is 12.8. The van der Waals surface area contributed by atoms with Gasteiger partial charge >= 0.3 is 122 Å². The number of hydrogen-bond donors (Lipinski definition) is 0. The van der Waals surface area contributed by atoms with Crippen LogP contribution in [-0.2, 0) is 0 Å². The fourth-order valence-corrected chi connectivity index (χ4v) is 7.04. The molecule has 0 atom stereocenters. The molecule has 92 valence electrons. The molecule has 0 aliphatic heterocycles. The molecule has 0 aromatic heterocycles. The van der Waals surface area contributed by atoms with E-state index in [4.69, 9.17) is 0 Å². The quantitative estimate of drug-likeness (QED) is 0.729. The van der Waals surface area contributed by atoms with E-state index in [0.717, 1.165) is 0 Å². The third kappa shape index (κ3) is 4.15. The van der Waals surface area contributed by atoms with E-state index in [1.807, 2.05) is 0 Å². The van der Waals surface area contributed by atoms with E-state index < -0.39 is 0 Å². The van der Waals surface area contributed by atoms with Gasteiger partial charge in [0.25, 0.3) is 0 Å². The molecule has 0 heterocycles. The van der Waals surface area contributed by atoms with Crippen LogP contribution in [0.25, 0.3) is 0 Å². The van der Waals surface area contributed by atoms with Gasteiger partial charge < -0.3 is 0 Å². The summed E-state index contributed by atoms with van der Waals surface area (Å²) in [6, 6.07) is 21.7. The summed E-state index contributed by atoms with van der Waals surface area (Å²) < 4.78 is 4.59. The molecule has 0 aliphatic carbocycles. The maximum absolute atomic E-state index is 2.24. The van der Waals surface area contributed by atoms with Gasteiger partial charge in [0.2, 0.25) is 0 Å². The van der Waals surface area contributed by atoms with Gasteiger partial charge in [0.05, 0.1) is 0 Å². The van der Waals surface area contributed by atoms with Crippen molar-refractivity contribution in [2.24, 2.45) is 0 Å². The van der Waals surface area contributed by atoms with Gasteiger partial charge in [-0.15, -0.1) is 0 Å². The molecule has 0 saturated carbocycles. The van der Waals surface area contributed by atoms with Crippen molar-refractivity contribution in [2.45, 2.75) is 13.8 Å². The van der Waals surface area contributed by atoms with Crippen LogP contribution in [0.5, 0.6) is 0 Å². The first kappa shape index (κ1) is 13.6. The molecular weight excluding hydrogens is 350 g/mol. The summed E-state index contributed by atoms with van der Waals surface area (Å²) in [5.74, 6) is 0. The number of rotatable bonds is 4. The zero-order valence-corrected chi connectivity index (χ0v) is 14.0. The van der Waals surface area contributed by atoms with E-state index in [9.17, 15) is 0 Å². The molecule has 0 amide bonds. The monoisotopic (exact) mass is 368 g/mol. The van der Waals surface area contributed by atoms with E-state index in [1.54, 1.807) is 3.37 Å². The van der Waals surface area contributed by atoms with Crippen LogP contribution in [0, 0.1) is 0 Å². The van der Waals surface area contributed by atoms with E-state index >= 15 is 0 Å². The molecule has 18 heavy (non-hydrogen) atoms. The maximum atomic E-state index is 2.24. The van der Waals surface area contributed by atoms with Crippen LogP contribution in [0.4, 0.5) is 0 Å². The Labute approximate surface area is 122 Å². The predicted octanol–water partition coefficient (Wildman–Crippen LogP) is 2.30. The summed E-state index contributed by atoms with van der Waals surface area (Å²) >= 11 is 0.936. The SMILES string of the molecule is CC(C)=C([Se]c1ccccc1)[Se]c1ccccc1. The third-order valence-electron chi connectivity index (χ3n) is 2.32. The second-order valence-electron chi connectivity index (χ2n) is 4.12. The molecular formula is C16H16Se2. The topological polar surface area (TPSA) is 0 Å². The van der Waals surface area contributed by atoms with Crippen molar-refractivity contribution < 1.29 is 0 Å². The average molecular weight is 366 g/mol. The molecule has 0 aliphatic rings. The van der Waals surface area contributed by atoms with Crippen molar-refractivity contribution in [1.29, 1.82) is 0 Å². The molecule has 0 spiro atoms. The predicted molar refractivity (Wildman–Crippen MR) is 82.0 cm³/mol. The van der Waals surface area contributed by atoms with Crippen LogP contribution in [0.3, 0.4) is 0 Å². The Morgan fingerprint density at radius 3 is 1.39 bits per heavy atom. The second-order valence-corrected chi connectivity index (χ2v) is 9.98. The Morgan fingerprint density at radius 1 is 0.667 bits per heavy atom. The van der Waals surface area contributed by atoms with E-state index in [-0.39, 0.29) is 0 Å². The van der Waals surface area contributed by atoms with Crippen LogP contribution >= 0.6 is 0 Å². The second kappa shape index (κ2) is 6.97. The summed E-state index contributed by atoms with van der Waals surface area (Å²) in [7, 11) is 0. The van der Waals surface area contributed by atoms with Crippen LogP contribution in [-0.4, -0.2) is 29.9 Å². The van der Waals surface area contributed by atoms with Gasteiger partial charge in [-0.25, -0.2) is 0 Å². The Hall–Kier alpha value is -0.781. The molecule has 0 saturated heterocycles. The standard InChI is InChI=1S/C16H16Se2/c1-13(2)16(17-14-9-5-3-6-10-14)18-15-11-7-4-8-12-15/h3-12H,1-2H3. The minimum absolute atomic E-state index is 0.468. The van der Waals surface area contributed by atoms with Crippen LogP contribution in [0.2, 0.25) is 0 Å². The van der Waals surface area contributed by atoms with Gasteiger partial charge in [0.1, 0.15) is 0 Å². The first-order valence-electron chi connectivity index (χ1n) is 5.89. The minimum atomic E-state index is 0.468. The van der Waals surface area contributed by atoms with Crippen molar-refractivity contribution in [1.82, 2.24) is 0 Å². The molecule has 0 bridgehead atoms. The van der Waals surface area contributed by atoms with Crippen LogP contribution in [0.1, 0.15) is 13.8 Å². The fraction of sp³-hybridized carbons (Fsp3) is 0.125.